The summed E-state index contributed by atoms with van der Waals surface area (Å²) in [4.78, 5) is 28.1. The Hall–Kier alpha value is -2.20. The van der Waals surface area contributed by atoms with Crippen molar-refractivity contribution < 1.29 is 19.1 Å². The summed E-state index contributed by atoms with van der Waals surface area (Å²) in [5.41, 5.74) is 1.96. The van der Waals surface area contributed by atoms with Gasteiger partial charge in [-0.05, 0) is 44.0 Å². The van der Waals surface area contributed by atoms with Crippen molar-refractivity contribution in [1.82, 2.24) is 25.2 Å². The number of nitrogens with zero attached hydrogens (tertiary/aromatic N) is 4. The summed E-state index contributed by atoms with van der Waals surface area (Å²) >= 11 is 1.25. The molecule has 0 radical (unpaired) electrons. The van der Waals surface area contributed by atoms with Crippen LogP contribution in [0.5, 0.6) is 0 Å². The van der Waals surface area contributed by atoms with E-state index in [0.29, 0.717) is 34.2 Å². The number of carbonyl (C=O) groups is 2. The Morgan fingerprint density at radius 2 is 2.11 bits per heavy atom. The summed E-state index contributed by atoms with van der Waals surface area (Å²) in [5, 5.41) is 12.2. The molecule has 3 heterocycles. The van der Waals surface area contributed by atoms with E-state index in [1.165, 1.54) is 11.8 Å². The van der Waals surface area contributed by atoms with E-state index in [0.717, 1.165) is 19.4 Å². The lowest BCUT2D eigenvalue weighted by Gasteiger charge is -2.10. The van der Waals surface area contributed by atoms with Gasteiger partial charge in [-0.1, -0.05) is 11.8 Å². The molecule has 0 saturated carbocycles. The van der Waals surface area contributed by atoms with Crippen LogP contribution in [0.1, 0.15) is 51.9 Å². The number of hydrogen-bond acceptors (Lipinski definition) is 8. The second-order valence-corrected chi connectivity index (χ2v) is 7.28. The minimum Gasteiger partial charge on any atom is -0.462 e. The fourth-order valence-electron chi connectivity index (χ4n) is 3.19. The molecular formula is C17H23N5O4S. The van der Waals surface area contributed by atoms with Gasteiger partial charge >= 0.3 is 5.97 Å². The van der Waals surface area contributed by atoms with Crippen LogP contribution in [0, 0.1) is 13.8 Å². The van der Waals surface area contributed by atoms with Gasteiger partial charge in [-0.25, -0.2) is 9.48 Å². The quantitative estimate of drug-likeness (QED) is 0.411. The number of rotatable bonds is 8. The van der Waals surface area contributed by atoms with Crippen molar-refractivity contribution in [1.29, 1.82) is 0 Å². The van der Waals surface area contributed by atoms with Gasteiger partial charge in [0.25, 0.3) is 0 Å². The number of aromatic amines is 1. The number of tetrazole rings is 1. The van der Waals surface area contributed by atoms with Crippen molar-refractivity contribution in [3.8, 4) is 0 Å². The molecule has 1 N–H and O–H groups in total. The van der Waals surface area contributed by atoms with Crippen LogP contribution in [0.3, 0.4) is 0 Å². The number of ether oxygens (including phenoxy) is 2. The maximum atomic E-state index is 12.8. The first-order valence-corrected chi connectivity index (χ1v) is 9.89. The number of esters is 1. The van der Waals surface area contributed by atoms with E-state index in [2.05, 4.69) is 20.5 Å². The first kappa shape index (κ1) is 19.6. The predicted molar refractivity (Wildman–Crippen MR) is 98.1 cm³/mol. The summed E-state index contributed by atoms with van der Waals surface area (Å²) < 4.78 is 12.4. The van der Waals surface area contributed by atoms with Crippen LogP contribution in [0.15, 0.2) is 5.16 Å². The molecular weight excluding hydrogens is 370 g/mol. The standard InChI is InChI=1S/C17H23N5O4S/c1-4-25-16(24)15-11(3)18-10(2)14(15)13(23)9-27-17-19-20-21-22(17)8-12-6-5-7-26-12/h12,18H,4-9H2,1-3H3. The van der Waals surface area contributed by atoms with Gasteiger partial charge in [-0.2, -0.15) is 0 Å². The largest absolute Gasteiger partial charge is 0.462 e. The SMILES string of the molecule is CCOC(=O)c1c(C)[nH]c(C)c1C(=O)CSc1nnnn1CC1CCCO1. The first-order valence-electron chi connectivity index (χ1n) is 8.91. The van der Waals surface area contributed by atoms with Crippen LogP contribution in [0.25, 0.3) is 0 Å². The van der Waals surface area contributed by atoms with E-state index in [4.69, 9.17) is 9.47 Å². The number of hydrogen-bond donors (Lipinski definition) is 1. The lowest BCUT2D eigenvalue weighted by Crippen LogP contribution is -2.17. The Morgan fingerprint density at radius 1 is 1.33 bits per heavy atom. The third kappa shape index (κ3) is 4.38. The normalized spacial score (nSPS) is 16.6. The zero-order valence-electron chi connectivity index (χ0n) is 15.7. The van der Waals surface area contributed by atoms with Gasteiger partial charge in [-0.15, -0.1) is 5.10 Å². The Balaban J connectivity index is 1.70. The summed E-state index contributed by atoms with van der Waals surface area (Å²) in [6.07, 6.45) is 2.12. The first-order chi connectivity index (χ1) is 13.0. The Labute approximate surface area is 161 Å². The van der Waals surface area contributed by atoms with Crippen LogP contribution in [-0.2, 0) is 16.0 Å². The number of Topliss-reactive ketones (excluding diaryl/α,β-unsaturated/α-hetero) is 1. The summed E-state index contributed by atoms with van der Waals surface area (Å²) in [7, 11) is 0. The number of carbonyl (C=O) groups excluding carboxylic acids is 2. The molecule has 1 saturated heterocycles. The summed E-state index contributed by atoms with van der Waals surface area (Å²) in [5.74, 6) is -0.538. The maximum absolute atomic E-state index is 12.8. The number of thioether (sulfide) groups is 1. The third-order valence-electron chi connectivity index (χ3n) is 4.37. The lowest BCUT2D eigenvalue weighted by molar-refractivity contribution is 0.0522. The number of ketones is 1. The van der Waals surface area contributed by atoms with Crippen molar-refractivity contribution in [2.75, 3.05) is 19.0 Å². The molecule has 0 amide bonds. The predicted octanol–water partition coefficient (Wildman–Crippen LogP) is 1.95. The van der Waals surface area contributed by atoms with E-state index in [1.807, 2.05) is 0 Å². The van der Waals surface area contributed by atoms with E-state index in [-0.39, 0.29) is 24.2 Å². The molecule has 10 heteroatoms. The molecule has 0 bridgehead atoms. The topological polar surface area (TPSA) is 112 Å². The highest BCUT2D eigenvalue weighted by atomic mass is 32.2. The zero-order chi connectivity index (χ0) is 19.4. The number of aryl methyl sites for hydroxylation is 2. The summed E-state index contributed by atoms with van der Waals surface area (Å²) in [6.45, 7) is 6.84. The van der Waals surface area contributed by atoms with Gasteiger partial charge in [0.1, 0.15) is 0 Å². The minimum atomic E-state index is -0.490. The minimum absolute atomic E-state index is 0.105. The molecule has 146 valence electrons. The van der Waals surface area contributed by atoms with Crippen LogP contribution in [0.2, 0.25) is 0 Å². The number of H-pyrrole nitrogens is 1. The van der Waals surface area contributed by atoms with E-state index in [1.54, 1.807) is 25.5 Å². The van der Waals surface area contributed by atoms with E-state index < -0.39 is 5.97 Å². The molecule has 0 aliphatic carbocycles. The fraction of sp³-hybridized carbons (Fsp3) is 0.588. The zero-order valence-corrected chi connectivity index (χ0v) is 16.5. The molecule has 1 aliphatic heterocycles. The molecule has 0 aromatic carbocycles. The highest BCUT2D eigenvalue weighted by molar-refractivity contribution is 7.99. The van der Waals surface area contributed by atoms with Gasteiger partial charge in [0.2, 0.25) is 5.16 Å². The summed E-state index contributed by atoms with van der Waals surface area (Å²) in [6, 6.07) is 0. The molecule has 1 unspecified atom stereocenters. The second kappa shape index (κ2) is 8.66. The van der Waals surface area contributed by atoms with Crippen molar-refractivity contribution in [2.24, 2.45) is 0 Å². The Bertz CT molecular complexity index is 825. The molecule has 9 nitrogen and oxygen atoms in total. The highest BCUT2D eigenvalue weighted by Gasteiger charge is 2.26. The molecule has 27 heavy (non-hydrogen) atoms. The van der Waals surface area contributed by atoms with Gasteiger partial charge in [0.05, 0.1) is 36.1 Å². The van der Waals surface area contributed by atoms with Crippen LogP contribution in [0.4, 0.5) is 0 Å². The molecule has 1 fully saturated rings. The molecule has 3 rings (SSSR count). The molecule has 2 aromatic heterocycles. The highest BCUT2D eigenvalue weighted by Crippen LogP contribution is 2.24. The Morgan fingerprint density at radius 3 is 2.81 bits per heavy atom. The molecule has 1 atom stereocenters. The van der Waals surface area contributed by atoms with Crippen LogP contribution in [-0.4, -0.2) is 62.0 Å². The fourth-order valence-corrected chi connectivity index (χ4v) is 3.94. The van der Waals surface area contributed by atoms with Crippen LogP contribution < -0.4 is 0 Å². The van der Waals surface area contributed by atoms with E-state index in [9.17, 15) is 9.59 Å². The molecule has 1 aliphatic rings. The Kier molecular flexibility index (Phi) is 6.27. The third-order valence-corrected chi connectivity index (χ3v) is 5.32. The van der Waals surface area contributed by atoms with Gasteiger partial charge in [0.15, 0.2) is 5.78 Å². The van der Waals surface area contributed by atoms with Gasteiger partial charge in [-0.3, -0.25) is 4.79 Å². The van der Waals surface area contributed by atoms with Crippen molar-refractivity contribution in [3.05, 3.63) is 22.5 Å². The smallest absolute Gasteiger partial charge is 0.340 e. The van der Waals surface area contributed by atoms with Crippen LogP contribution >= 0.6 is 11.8 Å². The average Bonchev–Trinajstić information content (AvgIpc) is 3.34. The van der Waals surface area contributed by atoms with E-state index >= 15 is 0 Å². The average molecular weight is 393 g/mol. The monoisotopic (exact) mass is 393 g/mol. The second-order valence-electron chi connectivity index (χ2n) is 6.34. The number of aromatic nitrogens is 5. The van der Waals surface area contributed by atoms with Crippen molar-refractivity contribution in [3.63, 3.8) is 0 Å². The lowest BCUT2D eigenvalue weighted by atomic mass is 10.1. The number of nitrogens with one attached hydrogen (secondary N) is 1. The van der Waals surface area contributed by atoms with Crippen molar-refractivity contribution >= 4 is 23.5 Å². The van der Waals surface area contributed by atoms with Gasteiger partial charge in [0, 0.05) is 18.0 Å². The van der Waals surface area contributed by atoms with Gasteiger partial charge < -0.3 is 14.5 Å². The van der Waals surface area contributed by atoms with Crippen molar-refractivity contribution in [2.45, 2.75) is 51.4 Å². The molecule has 0 spiro atoms. The maximum Gasteiger partial charge on any atom is 0.340 e. The molecule has 2 aromatic rings.